The SMILES string of the molecule is CC1(C)O[C@@H]2[C@H](O1)[C@@H](C(=O)c1ccc(F)c(F)c1)O[C@H]2n1cnc2c(Cl)ncnc21. The van der Waals surface area contributed by atoms with Crippen LogP contribution in [-0.4, -0.2) is 49.4 Å². The summed E-state index contributed by atoms with van der Waals surface area (Å²) in [5.41, 5.74) is 0.730. The molecular weight excluding hydrogens is 422 g/mol. The summed E-state index contributed by atoms with van der Waals surface area (Å²) in [5, 5.41) is 0.173. The van der Waals surface area contributed by atoms with Crippen LogP contribution in [0.25, 0.3) is 11.2 Å². The fourth-order valence-electron chi connectivity index (χ4n) is 3.84. The average Bonchev–Trinajstić information content (AvgIpc) is 3.34. The molecule has 0 saturated carbocycles. The summed E-state index contributed by atoms with van der Waals surface area (Å²) < 4.78 is 46.5. The number of hydrogen-bond donors (Lipinski definition) is 0. The number of carbonyl (C=O) groups excluding carboxylic acids is 1. The van der Waals surface area contributed by atoms with Crippen LogP contribution in [0, 0.1) is 11.6 Å². The Balaban J connectivity index is 1.54. The Morgan fingerprint density at radius 3 is 2.67 bits per heavy atom. The van der Waals surface area contributed by atoms with Gasteiger partial charge in [0.25, 0.3) is 0 Å². The molecule has 1 aromatic carbocycles. The zero-order valence-corrected chi connectivity index (χ0v) is 16.5. The molecule has 0 aliphatic carbocycles. The number of rotatable bonds is 3. The molecule has 2 aromatic heterocycles. The third-order valence-electron chi connectivity index (χ3n) is 5.08. The van der Waals surface area contributed by atoms with Crippen molar-refractivity contribution < 1.29 is 27.8 Å². The molecule has 30 heavy (non-hydrogen) atoms. The van der Waals surface area contributed by atoms with E-state index in [-0.39, 0.29) is 10.7 Å². The van der Waals surface area contributed by atoms with Crippen molar-refractivity contribution in [3.8, 4) is 0 Å². The molecule has 2 aliphatic rings. The van der Waals surface area contributed by atoms with Gasteiger partial charge in [-0.25, -0.2) is 23.7 Å². The summed E-state index contributed by atoms with van der Waals surface area (Å²) in [5.74, 6) is -3.70. The van der Waals surface area contributed by atoms with E-state index in [0.717, 1.165) is 12.1 Å². The quantitative estimate of drug-likeness (QED) is 0.460. The summed E-state index contributed by atoms with van der Waals surface area (Å²) in [7, 11) is 0. The number of fused-ring (bicyclic) bond motifs is 2. The van der Waals surface area contributed by atoms with E-state index in [4.69, 9.17) is 25.8 Å². The molecule has 3 aromatic rings. The lowest BCUT2D eigenvalue weighted by Gasteiger charge is -2.24. The number of hydrogen-bond acceptors (Lipinski definition) is 7. The third kappa shape index (κ3) is 2.99. The Kier molecular flexibility index (Phi) is 4.37. The van der Waals surface area contributed by atoms with Gasteiger partial charge in [0.15, 0.2) is 46.3 Å². The van der Waals surface area contributed by atoms with Crippen LogP contribution in [-0.2, 0) is 14.2 Å². The summed E-state index contributed by atoms with van der Waals surface area (Å²) in [6, 6.07) is 2.93. The Labute approximate surface area is 173 Å². The molecule has 0 unspecified atom stereocenters. The minimum absolute atomic E-state index is 0.0348. The van der Waals surface area contributed by atoms with Crippen LogP contribution in [0.15, 0.2) is 30.9 Å². The molecule has 0 radical (unpaired) electrons. The maximum absolute atomic E-state index is 13.7. The minimum atomic E-state index is -1.12. The van der Waals surface area contributed by atoms with Gasteiger partial charge in [0.05, 0.1) is 6.33 Å². The second-order valence-corrected chi connectivity index (χ2v) is 7.85. The first-order valence-electron chi connectivity index (χ1n) is 9.08. The second kappa shape index (κ2) is 6.74. The van der Waals surface area contributed by atoms with E-state index in [1.54, 1.807) is 18.4 Å². The maximum Gasteiger partial charge on any atom is 0.194 e. The van der Waals surface area contributed by atoms with Crippen LogP contribution < -0.4 is 0 Å². The monoisotopic (exact) mass is 436 g/mol. The van der Waals surface area contributed by atoms with Gasteiger partial charge < -0.3 is 14.2 Å². The van der Waals surface area contributed by atoms with E-state index in [2.05, 4.69) is 15.0 Å². The number of aromatic nitrogens is 4. The lowest BCUT2D eigenvalue weighted by molar-refractivity contribution is -0.190. The predicted octanol–water partition coefficient (Wildman–Crippen LogP) is 3.06. The Morgan fingerprint density at radius 2 is 1.90 bits per heavy atom. The first kappa shape index (κ1) is 19.4. The van der Waals surface area contributed by atoms with Gasteiger partial charge in [0.1, 0.15) is 24.1 Å². The van der Waals surface area contributed by atoms with Gasteiger partial charge in [0, 0.05) is 5.56 Å². The molecule has 8 nitrogen and oxygen atoms in total. The van der Waals surface area contributed by atoms with E-state index in [9.17, 15) is 13.6 Å². The van der Waals surface area contributed by atoms with Crippen molar-refractivity contribution in [3.05, 3.63) is 53.2 Å². The number of imidazole rings is 1. The van der Waals surface area contributed by atoms with Crippen LogP contribution in [0.2, 0.25) is 5.15 Å². The van der Waals surface area contributed by atoms with Gasteiger partial charge in [0.2, 0.25) is 0 Å². The number of halogens is 3. The maximum atomic E-state index is 13.7. The molecular formula is C19H15ClF2N4O4. The third-order valence-corrected chi connectivity index (χ3v) is 5.36. The van der Waals surface area contributed by atoms with Crippen molar-refractivity contribution in [3.63, 3.8) is 0 Å². The highest BCUT2D eigenvalue weighted by atomic mass is 35.5. The van der Waals surface area contributed by atoms with Gasteiger partial charge in [-0.3, -0.25) is 9.36 Å². The Bertz CT molecular complexity index is 1170. The summed E-state index contributed by atoms with van der Waals surface area (Å²) in [6.07, 6.45) is -0.625. The van der Waals surface area contributed by atoms with Gasteiger partial charge in [-0.15, -0.1) is 0 Å². The molecule has 156 valence electrons. The van der Waals surface area contributed by atoms with Crippen LogP contribution in [0.1, 0.15) is 30.4 Å². The number of carbonyl (C=O) groups is 1. The molecule has 0 amide bonds. The standard InChI is InChI=1S/C19H15ClF2N4O4/c1-19(2)29-14-13(12(27)8-3-4-9(21)10(22)5-8)28-18(15(14)30-19)26-7-25-11-16(20)23-6-24-17(11)26/h3-7,13-15,18H,1-2H3/t13-,14-,15-,18-/m1/s1. The fraction of sp³-hybridized carbons (Fsp3) is 0.368. The zero-order valence-electron chi connectivity index (χ0n) is 15.8. The summed E-state index contributed by atoms with van der Waals surface area (Å²) in [4.78, 5) is 25.4. The molecule has 2 aliphatic heterocycles. The molecule has 11 heteroatoms. The molecule has 0 spiro atoms. The van der Waals surface area contributed by atoms with E-state index in [1.165, 1.54) is 18.7 Å². The molecule has 2 saturated heterocycles. The zero-order chi connectivity index (χ0) is 21.2. The van der Waals surface area contributed by atoms with E-state index in [1.807, 2.05) is 0 Å². The van der Waals surface area contributed by atoms with Gasteiger partial charge in [-0.2, -0.15) is 0 Å². The molecule has 0 bridgehead atoms. The van der Waals surface area contributed by atoms with Crippen molar-refractivity contribution in [2.45, 2.75) is 44.2 Å². The number of benzene rings is 1. The topological polar surface area (TPSA) is 88.4 Å². The largest absolute Gasteiger partial charge is 0.341 e. The van der Waals surface area contributed by atoms with Crippen LogP contribution in [0.5, 0.6) is 0 Å². The van der Waals surface area contributed by atoms with Crippen LogP contribution in [0.4, 0.5) is 8.78 Å². The number of nitrogens with zero attached hydrogens (tertiary/aromatic N) is 4. The summed E-state index contributed by atoms with van der Waals surface area (Å²) >= 11 is 6.08. The van der Waals surface area contributed by atoms with Crippen molar-refractivity contribution in [1.82, 2.24) is 19.5 Å². The lowest BCUT2D eigenvalue weighted by atomic mass is 10.0. The second-order valence-electron chi connectivity index (χ2n) is 7.49. The molecule has 4 atom stereocenters. The number of Topliss-reactive ketones (excluding diaryl/α,β-unsaturated/α-hetero) is 1. The molecule has 2 fully saturated rings. The molecule has 0 N–H and O–H groups in total. The predicted molar refractivity (Wildman–Crippen MR) is 98.8 cm³/mol. The number of ether oxygens (including phenoxy) is 3. The fourth-order valence-corrected chi connectivity index (χ4v) is 4.01. The van der Waals surface area contributed by atoms with Crippen LogP contribution >= 0.6 is 11.6 Å². The van der Waals surface area contributed by atoms with Crippen molar-refractivity contribution in [2.24, 2.45) is 0 Å². The van der Waals surface area contributed by atoms with Crippen molar-refractivity contribution in [2.75, 3.05) is 0 Å². The van der Waals surface area contributed by atoms with Gasteiger partial charge in [-0.1, -0.05) is 11.6 Å². The molecule has 5 rings (SSSR count). The highest BCUT2D eigenvalue weighted by Crippen LogP contribution is 2.44. The van der Waals surface area contributed by atoms with Gasteiger partial charge >= 0.3 is 0 Å². The lowest BCUT2D eigenvalue weighted by Crippen LogP contribution is -2.35. The van der Waals surface area contributed by atoms with E-state index in [0.29, 0.717) is 11.2 Å². The van der Waals surface area contributed by atoms with Crippen LogP contribution in [0.3, 0.4) is 0 Å². The first-order chi connectivity index (χ1) is 14.2. The normalized spacial score (nSPS) is 27.5. The number of ketones is 1. The van der Waals surface area contributed by atoms with Crippen molar-refractivity contribution in [1.29, 1.82) is 0 Å². The summed E-state index contributed by atoms with van der Waals surface area (Å²) in [6.45, 7) is 3.43. The highest BCUT2D eigenvalue weighted by Gasteiger charge is 2.58. The van der Waals surface area contributed by atoms with Gasteiger partial charge in [-0.05, 0) is 32.0 Å². The molecule has 4 heterocycles. The average molecular weight is 437 g/mol. The first-order valence-corrected chi connectivity index (χ1v) is 9.46. The van der Waals surface area contributed by atoms with Crippen molar-refractivity contribution >= 4 is 28.5 Å². The Morgan fingerprint density at radius 1 is 1.13 bits per heavy atom. The minimum Gasteiger partial charge on any atom is -0.341 e. The Hall–Kier alpha value is -2.53. The highest BCUT2D eigenvalue weighted by molar-refractivity contribution is 6.33. The van der Waals surface area contributed by atoms with E-state index < -0.39 is 47.7 Å². The van der Waals surface area contributed by atoms with E-state index >= 15 is 0 Å². The smallest absolute Gasteiger partial charge is 0.194 e.